The van der Waals surface area contributed by atoms with Gasteiger partial charge < -0.3 is 5.32 Å². The number of halogens is 2. The summed E-state index contributed by atoms with van der Waals surface area (Å²) in [5.74, 6) is -0.312. The largest absolute Gasteiger partial charge is 0.324 e. The summed E-state index contributed by atoms with van der Waals surface area (Å²) in [7, 11) is 0. The lowest BCUT2D eigenvalue weighted by molar-refractivity contribution is -0.141. The van der Waals surface area contributed by atoms with Gasteiger partial charge in [0, 0.05) is 10.9 Å². The molecule has 5 heteroatoms. The smallest absolute Gasteiger partial charge is 0.238 e. The van der Waals surface area contributed by atoms with E-state index < -0.39 is 5.41 Å². The maximum atomic E-state index is 13.1. The lowest BCUT2D eigenvalue weighted by atomic mass is 9.68. The number of rotatable bonds is 2. The molecule has 2 saturated carbocycles. The molecule has 0 aliphatic heterocycles. The Bertz CT molecular complexity index is 643. The third-order valence-corrected chi connectivity index (χ3v) is 6.12. The lowest BCUT2D eigenvalue weighted by Gasteiger charge is -2.35. The van der Waals surface area contributed by atoms with Crippen molar-refractivity contribution >= 4 is 33.3 Å². The summed E-state index contributed by atoms with van der Waals surface area (Å²) >= 11 is 3.24. The summed E-state index contributed by atoms with van der Waals surface area (Å²) in [5.41, 5.74) is -0.763. The normalized spacial score (nSPS) is 29.7. The first kappa shape index (κ1) is 14.7. The first-order valence-electron chi connectivity index (χ1n) is 7.09. The monoisotopic (exact) mass is 353 g/mol. The molecule has 1 N–H and O–H groups in total. The quantitative estimate of drug-likeness (QED) is 0.819. The summed E-state index contributed by atoms with van der Waals surface area (Å²) in [5, 5.41) is 2.81. The molecule has 1 aromatic carbocycles. The van der Waals surface area contributed by atoms with Crippen molar-refractivity contribution in [3.05, 3.63) is 28.5 Å². The fourth-order valence-corrected chi connectivity index (χ4v) is 4.48. The number of hydrogen-bond donors (Lipinski definition) is 1. The number of nitrogens with one attached hydrogen (secondary N) is 1. The third-order valence-electron chi connectivity index (χ3n) is 5.46. The first-order chi connectivity index (χ1) is 9.79. The van der Waals surface area contributed by atoms with E-state index >= 15 is 0 Å². The molecule has 2 aliphatic rings. The highest BCUT2D eigenvalue weighted by Gasteiger charge is 2.68. The van der Waals surface area contributed by atoms with Crippen molar-refractivity contribution in [1.29, 1.82) is 0 Å². The number of hydrogen-bond acceptors (Lipinski definition) is 2. The van der Waals surface area contributed by atoms with Gasteiger partial charge in [0.05, 0.1) is 5.69 Å². The van der Waals surface area contributed by atoms with E-state index in [9.17, 15) is 14.0 Å². The molecule has 2 fully saturated rings. The second kappa shape index (κ2) is 4.63. The molecule has 112 valence electrons. The number of fused-ring (bicyclic) bond motifs is 2. The highest BCUT2D eigenvalue weighted by molar-refractivity contribution is 9.10. The zero-order valence-electron chi connectivity index (χ0n) is 12.0. The van der Waals surface area contributed by atoms with Gasteiger partial charge in [0.25, 0.3) is 0 Å². The van der Waals surface area contributed by atoms with Crippen LogP contribution in [0.25, 0.3) is 0 Å². The average Bonchev–Trinajstić information content (AvgIpc) is 2.76. The number of ketones is 1. The Morgan fingerprint density at radius 3 is 2.67 bits per heavy atom. The maximum Gasteiger partial charge on any atom is 0.238 e. The molecule has 0 heterocycles. The molecular weight excluding hydrogens is 337 g/mol. The van der Waals surface area contributed by atoms with Crippen LogP contribution in [0.1, 0.15) is 33.1 Å². The maximum absolute atomic E-state index is 13.1. The van der Waals surface area contributed by atoms with Gasteiger partial charge in [-0.05, 0) is 58.3 Å². The molecule has 2 atom stereocenters. The molecule has 2 unspecified atom stereocenters. The van der Waals surface area contributed by atoms with Crippen LogP contribution in [-0.2, 0) is 9.59 Å². The van der Waals surface area contributed by atoms with Crippen LogP contribution in [0.5, 0.6) is 0 Å². The van der Waals surface area contributed by atoms with Crippen LogP contribution in [0.3, 0.4) is 0 Å². The van der Waals surface area contributed by atoms with Crippen LogP contribution in [0.4, 0.5) is 10.1 Å². The molecular formula is C16H17BrFNO2. The second-order valence-electron chi connectivity index (χ2n) is 6.57. The van der Waals surface area contributed by atoms with E-state index in [1.54, 1.807) is 0 Å². The van der Waals surface area contributed by atoms with Gasteiger partial charge in [-0.25, -0.2) is 4.39 Å². The summed E-state index contributed by atoms with van der Waals surface area (Å²) in [4.78, 5) is 25.2. The first-order valence-corrected chi connectivity index (χ1v) is 7.88. The van der Waals surface area contributed by atoms with Gasteiger partial charge in [-0.2, -0.15) is 0 Å². The number of benzene rings is 1. The predicted molar refractivity (Wildman–Crippen MR) is 81.3 cm³/mol. The highest BCUT2D eigenvalue weighted by Crippen LogP contribution is 2.64. The number of carbonyl (C=O) groups excluding carboxylic acids is 2. The molecule has 3 rings (SSSR count). The molecule has 0 saturated heterocycles. The minimum atomic E-state index is -0.939. The van der Waals surface area contributed by atoms with Crippen LogP contribution < -0.4 is 5.32 Å². The van der Waals surface area contributed by atoms with Crippen LogP contribution in [-0.4, -0.2) is 11.7 Å². The van der Waals surface area contributed by atoms with Crippen molar-refractivity contribution in [1.82, 2.24) is 0 Å². The molecule has 0 aromatic heterocycles. The Morgan fingerprint density at radius 1 is 1.43 bits per heavy atom. The lowest BCUT2D eigenvalue weighted by Crippen LogP contribution is -2.46. The SMILES string of the molecule is CC1(C)C2CCC1(C(=O)Nc1ccc(F)cc1Br)C(=O)C2. The molecule has 0 radical (unpaired) electrons. The van der Waals surface area contributed by atoms with Crippen molar-refractivity contribution in [2.75, 3.05) is 5.32 Å². The Morgan fingerprint density at radius 2 is 2.14 bits per heavy atom. The Labute approximate surface area is 131 Å². The van der Waals surface area contributed by atoms with E-state index in [0.717, 1.165) is 6.42 Å². The molecule has 1 aromatic rings. The molecule has 21 heavy (non-hydrogen) atoms. The van der Waals surface area contributed by atoms with Gasteiger partial charge in [-0.3, -0.25) is 9.59 Å². The number of carbonyl (C=O) groups is 2. The number of amides is 1. The van der Waals surface area contributed by atoms with E-state index in [0.29, 0.717) is 23.0 Å². The van der Waals surface area contributed by atoms with Crippen LogP contribution in [0.15, 0.2) is 22.7 Å². The summed E-state index contributed by atoms with van der Waals surface area (Å²) in [6.45, 7) is 4.02. The molecule has 0 spiro atoms. The topological polar surface area (TPSA) is 46.2 Å². The van der Waals surface area contributed by atoms with E-state index in [1.165, 1.54) is 18.2 Å². The second-order valence-corrected chi connectivity index (χ2v) is 7.42. The van der Waals surface area contributed by atoms with Crippen molar-refractivity contribution in [3.63, 3.8) is 0 Å². The zero-order chi connectivity index (χ0) is 15.4. The van der Waals surface area contributed by atoms with Gasteiger partial charge in [0.1, 0.15) is 17.0 Å². The van der Waals surface area contributed by atoms with Gasteiger partial charge >= 0.3 is 0 Å². The van der Waals surface area contributed by atoms with Gasteiger partial charge in [0.15, 0.2) is 0 Å². The highest BCUT2D eigenvalue weighted by atomic mass is 79.9. The summed E-state index contributed by atoms with van der Waals surface area (Å²) in [6, 6.07) is 4.09. The standard InChI is InChI=1S/C16H17BrFNO2/c1-15(2)9-5-6-16(15,13(20)7-9)14(21)19-12-4-3-10(18)8-11(12)17/h3-4,8-9H,5-7H2,1-2H3,(H,19,21). The Kier molecular flexibility index (Phi) is 3.24. The molecule has 2 aliphatic carbocycles. The Hall–Kier alpha value is -1.23. The minimum absolute atomic E-state index is 0.0412. The van der Waals surface area contributed by atoms with Crippen molar-refractivity contribution in [2.24, 2.45) is 16.7 Å². The average molecular weight is 354 g/mol. The van der Waals surface area contributed by atoms with Crippen molar-refractivity contribution in [3.8, 4) is 0 Å². The van der Waals surface area contributed by atoms with Crippen LogP contribution in [0, 0.1) is 22.6 Å². The summed E-state index contributed by atoms with van der Waals surface area (Å²) < 4.78 is 13.6. The Balaban J connectivity index is 1.93. The van der Waals surface area contributed by atoms with E-state index in [1.807, 2.05) is 13.8 Å². The minimum Gasteiger partial charge on any atom is -0.324 e. The molecule has 2 bridgehead atoms. The van der Waals surface area contributed by atoms with Gasteiger partial charge in [-0.15, -0.1) is 0 Å². The predicted octanol–water partition coefficient (Wildman–Crippen LogP) is 3.92. The van der Waals surface area contributed by atoms with Crippen molar-refractivity contribution < 1.29 is 14.0 Å². The molecule has 3 nitrogen and oxygen atoms in total. The number of anilines is 1. The fourth-order valence-electron chi connectivity index (χ4n) is 4.03. The van der Waals surface area contributed by atoms with E-state index in [2.05, 4.69) is 21.2 Å². The molecule has 1 amide bonds. The van der Waals surface area contributed by atoms with E-state index in [4.69, 9.17) is 0 Å². The van der Waals surface area contributed by atoms with Gasteiger partial charge in [-0.1, -0.05) is 13.8 Å². The van der Waals surface area contributed by atoms with E-state index in [-0.39, 0.29) is 28.8 Å². The van der Waals surface area contributed by atoms with Crippen molar-refractivity contribution in [2.45, 2.75) is 33.1 Å². The summed E-state index contributed by atoms with van der Waals surface area (Å²) in [6.07, 6.45) is 2.01. The number of Topliss-reactive ketones (excluding diaryl/α,β-unsaturated/α-hetero) is 1. The van der Waals surface area contributed by atoms with Gasteiger partial charge in [0.2, 0.25) is 5.91 Å². The zero-order valence-corrected chi connectivity index (χ0v) is 13.6. The van der Waals surface area contributed by atoms with Crippen LogP contribution >= 0.6 is 15.9 Å². The third kappa shape index (κ3) is 1.90. The van der Waals surface area contributed by atoms with Crippen LogP contribution in [0.2, 0.25) is 0 Å². The fraction of sp³-hybridized carbons (Fsp3) is 0.500.